The van der Waals surface area contributed by atoms with Gasteiger partial charge in [-0.15, -0.1) is 0 Å². The van der Waals surface area contributed by atoms with Crippen LogP contribution in [-0.2, 0) is 0 Å². The Hall–Kier alpha value is -2.11. The first-order valence-electron chi connectivity index (χ1n) is 4.18. The largest absolute Gasteiger partial charge is 0.445 e. The highest BCUT2D eigenvalue weighted by Crippen LogP contribution is 2.01. The standard InChI is InChI=1S/C9H10N2O4/c1-10-8(13)6-3-5(12)4-7(15-6)9(14)11-2/h3-4H,1-2H3,(H,10,13)(H,11,14). The van der Waals surface area contributed by atoms with Crippen LogP contribution < -0.4 is 16.1 Å². The van der Waals surface area contributed by atoms with Crippen molar-refractivity contribution in [1.82, 2.24) is 10.6 Å². The third-order valence-corrected chi connectivity index (χ3v) is 1.67. The second kappa shape index (κ2) is 4.41. The molecule has 0 radical (unpaired) electrons. The predicted molar refractivity (Wildman–Crippen MR) is 51.8 cm³/mol. The van der Waals surface area contributed by atoms with Gasteiger partial charge in [0.2, 0.25) is 0 Å². The molecular formula is C9H10N2O4. The summed E-state index contributed by atoms with van der Waals surface area (Å²) in [5, 5.41) is 4.58. The summed E-state index contributed by atoms with van der Waals surface area (Å²) in [6, 6.07) is 2.04. The van der Waals surface area contributed by atoms with E-state index in [2.05, 4.69) is 10.6 Å². The first kappa shape index (κ1) is 11.0. The van der Waals surface area contributed by atoms with Crippen LogP contribution in [0.15, 0.2) is 21.3 Å². The molecule has 1 aromatic rings. The van der Waals surface area contributed by atoms with Crippen molar-refractivity contribution in [2.75, 3.05) is 14.1 Å². The smallest absolute Gasteiger partial charge is 0.286 e. The van der Waals surface area contributed by atoms with Crippen molar-refractivity contribution in [2.24, 2.45) is 0 Å². The first-order valence-corrected chi connectivity index (χ1v) is 4.18. The molecule has 0 atom stereocenters. The summed E-state index contributed by atoms with van der Waals surface area (Å²) >= 11 is 0. The summed E-state index contributed by atoms with van der Waals surface area (Å²) in [7, 11) is 2.80. The molecule has 0 bridgehead atoms. The Kier molecular flexibility index (Phi) is 3.22. The molecule has 0 aliphatic rings. The van der Waals surface area contributed by atoms with Gasteiger partial charge in [0.1, 0.15) is 0 Å². The van der Waals surface area contributed by atoms with Crippen LogP contribution in [0.25, 0.3) is 0 Å². The number of carbonyl (C=O) groups is 2. The maximum Gasteiger partial charge on any atom is 0.286 e. The van der Waals surface area contributed by atoms with Gasteiger partial charge in [0, 0.05) is 26.2 Å². The predicted octanol–water partition coefficient (Wildman–Crippen LogP) is -0.641. The van der Waals surface area contributed by atoms with Crippen LogP contribution in [0.2, 0.25) is 0 Å². The van der Waals surface area contributed by atoms with E-state index < -0.39 is 17.2 Å². The lowest BCUT2D eigenvalue weighted by Gasteiger charge is -2.01. The minimum atomic E-state index is -0.558. The van der Waals surface area contributed by atoms with Gasteiger partial charge in [-0.1, -0.05) is 0 Å². The Morgan fingerprint density at radius 1 is 1.07 bits per heavy atom. The Labute approximate surface area is 85.3 Å². The van der Waals surface area contributed by atoms with Gasteiger partial charge in [-0.2, -0.15) is 0 Å². The number of carbonyl (C=O) groups excluding carboxylic acids is 2. The third-order valence-electron chi connectivity index (χ3n) is 1.67. The lowest BCUT2D eigenvalue weighted by molar-refractivity contribution is 0.0904. The molecule has 6 nitrogen and oxygen atoms in total. The van der Waals surface area contributed by atoms with E-state index in [-0.39, 0.29) is 11.5 Å². The summed E-state index contributed by atoms with van der Waals surface area (Å²) in [5.74, 6) is -1.50. The van der Waals surface area contributed by atoms with E-state index in [9.17, 15) is 14.4 Å². The lowest BCUT2D eigenvalue weighted by Crippen LogP contribution is -2.23. The van der Waals surface area contributed by atoms with E-state index in [1.54, 1.807) is 0 Å². The average Bonchev–Trinajstić information content (AvgIpc) is 2.26. The Morgan fingerprint density at radius 2 is 1.47 bits per heavy atom. The lowest BCUT2D eigenvalue weighted by atomic mass is 10.3. The second-order valence-electron chi connectivity index (χ2n) is 2.68. The molecule has 0 spiro atoms. The zero-order valence-electron chi connectivity index (χ0n) is 8.29. The topological polar surface area (TPSA) is 88.4 Å². The molecule has 0 aromatic carbocycles. The molecule has 0 aliphatic heterocycles. The first-order chi connectivity index (χ1) is 7.08. The molecule has 6 heteroatoms. The van der Waals surface area contributed by atoms with E-state index in [1.807, 2.05) is 0 Å². The molecule has 1 rings (SSSR count). The number of hydrogen-bond donors (Lipinski definition) is 2. The van der Waals surface area contributed by atoms with Crippen molar-refractivity contribution in [1.29, 1.82) is 0 Å². The van der Waals surface area contributed by atoms with Crippen molar-refractivity contribution in [3.05, 3.63) is 33.9 Å². The van der Waals surface area contributed by atoms with Crippen LogP contribution in [0.1, 0.15) is 21.1 Å². The summed E-state index contributed by atoms with van der Waals surface area (Å²) in [5.41, 5.74) is -0.460. The zero-order valence-corrected chi connectivity index (χ0v) is 8.29. The van der Waals surface area contributed by atoms with Gasteiger partial charge in [-0.05, 0) is 0 Å². The molecule has 2 N–H and O–H groups in total. The van der Waals surface area contributed by atoms with Crippen LogP contribution in [0.3, 0.4) is 0 Å². The fourth-order valence-corrected chi connectivity index (χ4v) is 0.948. The number of rotatable bonds is 2. The van der Waals surface area contributed by atoms with Gasteiger partial charge < -0.3 is 15.1 Å². The number of hydrogen-bond acceptors (Lipinski definition) is 4. The summed E-state index contributed by atoms with van der Waals surface area (Å²) in [6.07, 6.45) is 0. The molecule has 1 heterocycles. The van der Waals surface area contributed by atoms with Crippen LogP contribution in [0.5, 0.6) is 0 Å². The van der Waals surface area contributed by atoms with Crippen LogP contribution in [0.4, 0.5) is 0 Å². The van der Waals surface area contributed by atoms with E-state index in [1.165, 1.54) is 14.1 Å². The highest BCUT2D eigenvalue weighted by atomic mass is 16.4. The second-order valence-corrected chi connectivity index (χ2v) is 2.68. The number of nitrogens with one attached hydrogen (secondary N) is 2. The fourth-order valence-electron chi connectivity index (χ4n) is 0.948. The van der Waals surface area contributed by atoms with Gasteiger partial charge in [0.25, 0.3) is 11.8 Å². The summed E-state index contributed by atoms with van der Waals surface area (Å²) in [6.45, 7) is 0. The van der Waals surface area contributed by atoms with Gasteiger partial charge in [-0.25, -0.2) is 0 Å². The quantitative estimate of drug-likeness (QED) is 0.679. The highest BCUT2D eigenvalue weighted by Gasteiger charge is 2.13. The van der Waals surface area contributed by atoms with Crippen molar-refractivity contribution < 1.29 is 14.0 Å². The summed E-state index contributed by atoms with van der Waals surface area (Å²) in [4.78, 5) is 33.4. The molecule has 1 aromatic heterocycles. The maximum atomic E-state index is 11.2. The van der Waals surface area contributed by atoms with E-state index >= 15 is 0 Å². The van der Waals surface area contributed by atoms with Crippen LogP contribution in [0, 0.1) is 0 Å². The van der Waals surface area contributed by atoms with Crippen molar-refractivity contribution in [3.63, 3.8) is 0 Å². The Bertz CT molecular complexity index is 412. The molecule has 0 aliphatic carbocycles. The van der Waals surface area contributed by atoms with E-state index in [0.717, 1.165) is 12.1 Å². The fraction of sp³-hybridized carbons (Fsp3) is 0.222. The molecule has 2 amide bonds. The Morgan fingerprint density at radius 3 is 1.80 bits per heavy atom. The van der Waals surface area contributed by atoms with Gasteiger partial charge in [0.05, 0.1) is 0 Å². The van der Waals surface area contributed by atoms with E-state index in [0.29, 0.717) is 0 Å². The van der Waals surface area contributed by atoms with Gasteiger partial charge in [-0.3, -0.25) is 14.4 Å². The van der Waals surface area contributed by atoms with Gasteiger partial charge in [0.15, 0.2) is 16.9 Å². The third kappa shape index (κ3) is 2.43. The normalized spacial score (nSPS) is 9.47. The minimum absolute atomic E-state index is 0.191. The van der Waals surface area contributed by atoms with E-state index in [4.69, 9.17) is 4.42 Å². The van der Waals surface area contributed by atoms with Gasteiger partial charge >= 0.3 is 0 Å². The maximum absolute atomic E-state index is 11.2. The minimum Gasteiger partial charge on any atom is -0.445 e. The van der Waals surface area contributed by atoms with Crippen LogP contribution in [-0.4, -0.2) is 25.9 Å². The SMILES string of the molecule is CNC(=O)c1cc(=O)cc(C(=O)NC)o1. The zero-order chi connectivity index (χ0) is 11.4. The van der Waals surface area contributed by atoms with Crippen molar-refractivity contribution >= 4 is 11.8 Å². The molecule has 15 heavy (non-hydrogen) atoms. The highest BCUT2D eigenvalue weighted by molar-refractivity contribution is 5.94. The number of amides is 2. The summed E-state index contributed by atoms with van der Waals surface area (Å²) < 4.78 is 4.94. The monoisotopic (exact) mass is 210 g/mol. The molecular weight excluding hydrogens is 200 g/mol. The molecule has 80 valence electrons. The molecule has 0 saturated carbocycles. The van der Waals surface area contributed by atoms with Crippen LogP contribution >= 0.6 is 0 Å². The Balaban J connectivity index is 3.22. The molecule has 0 saturated heterocycles. The average molecular weight is 210 g/mol. The van der Waals surface area contributed by atoms with Crippen molar-refractivity contribution in [3.8, 4) is 0 Å². The molecule has 0 unspecified atom stereocenters. The van der Waals surface area contributed by atoms with Crippen molar-refractivity contribution in [2.45, 2.75) is 0 Å². The molecule has 0 fully saturated rings.